The molecule has 2 saturated carbocycles. The van der Waals surface area contributed by atoms with E-state index in [1.165, 1.54) is 0 Å². The van der Waals surface area contributed by atoms with E-state index in [2.05, 4.69) is 0 Å². The smallest absolute Gasteiger partial charge is 0.126 e. The van der Waals surface area contributed by atoms with Gasteiger partial charge in [0, 0.05) is 28.2 Å². The van der Waals surface area contributed by atoms with Crippen molar-refractivity contribution in [2.24, 2.45) is 0 Å². The SMILES string of the molecule is OCc1cc(C(c2cc(CO)c(O)c(C3CCCCC3)c2)c2cc(CO)c(O)c(C3CCCCC3)c2)cc(CO)c1O. The molecule has 3 aromatic rings. The number of aliphatic hydroxyl groups is 4. The van der Waals surface area contributed by atoms with Gasteiger partial charge in [-0.05, 0) is 89.6 Å². The molecular weight excluding hydrogens is 532 g/mol. The molecule has 226 valence electrons. The lowest BCUT2D eigenvalue weighted by Gasteiger charge is -2.29. The predicted molar refractivity (Wildman–Crippen MR) is 161 cm³/mol. The topological polar surface area (TPSA) is 142 Å². The Kier molecular flexibility index (Phi) is 9.74. The molecule has 42 heavy (non-hydrogen) atoms. The van der Waals surface area contributed by atoms with Crippen molar-refractivity contribution in [1.29, 1.82) is 0 Å². The van der Waals surface area contributed by atoms with E-state index in [1.54, 1.807) is 24.3 Å². The van der Waals surface area contributed by atoms with E-state index < -0.39 is 19.1 Å². The zero-order valence-corrected chi connectivity index (χ0v) is 24.2. The van der Waals surface area contributed by atoms with Gasteiger partial charge in [0.1, 0.15) is 17.2 Å². The van der Waals surface area contributed by atoms with Crippen LogP contribution in [0.5, 0.6) is 17.2 Å². The number of aliphatic hydroxyl groups excluding tert-OH is 4. The van der Waals surface area contributed by atoms with Crippen LogP contribution in [0.15, 0.2) is 36.4 Å². The van der Waals surface area contributed by atoms with Crippen LogP contribution in [-0.2, 0) is 26.4 Å². The van der Waals surface area contributed by atoms with E-state index >= 15 is 0 Å². The number of benzene rings is 3. The number of hydrogen-bond donors (Lipinski definition) is 7. The summed E-state index contributed by atoms with van der Waals surface area (Å²) in [5.41, 5.74) is 5.34. The highest BCUT2D eigenvalue weighted by Gasteiger charge is 2.29. The lowest BCUT2D eigenvalue weighted by Crippen LogP contribution is -2.12. The number of aromatic hydroxyl groups is 3. The molecule has 0 unspecified atom stereocenters. The maximum atomic E-state index is 11.2. The molecule has 0 aliphatic heterocycles. The van der Waals surface area contributed by atoms with E-state index in [0.717, 1.165) is 86.5 Å². The molecule has 2 aliphatic rings. The molecule has 7 nitrogen and oxygen atoms in total. The van der Waals surface area contributed by atoms with Crippen molar-refractivity contribution in [3.63, 3.8) is 0 Å². The number of phenols is 3. The van der Waals surface area contributed by atoms with Crippen molar-refractivity contribution < 1.29 is 35.7 Å². The van der Waals surface area contributed by atoms with Gasteiger partial charge in [0.2, 0.25) is 0 Å². The van der Waals surface area contributed by atoms with E-state index in [9.17, 15) is 35.7 Å². The van der Waals surface area contributed by atoms with Crippen molar-refractivity contribution in [1.82, 2.24) is 0 Å². The maximum Gasteiger partial charge on any atom is 0.126 e. The largest absolute Gasteiger partial charge is 0.507 e. The fourth-order valence-electron chi connectivity index (χ4n) is 7.29. The Morgan fingerprint density at radius 1 is 0.452 bits per heavy atom. The molecule has 0 amide bonds. The summed E-state index contributed by atoms with van der Waals surface area (Å²) in [5, 5.41) is 73.8. The standard InChI is InChI=1S/C35H44O7/c36-17-26-11-23(12-27(18-37)33(26)40)32(24-13-28(19-38)34(41)30(15-24)21-7-3-1-4-8-21)25-14-29(20-39)35(42)31(16-25)22-9-5-2-6-10-22/h11-16,21-22,32,36-42H,1-10,17-20H2. The second-order valence-electron chi connectivity index (χ2n) is 12.2. The Balaban J connectivity index is 1.77. The molecule has 0 heterocycles. The highest BCUT2D eigenvalue weighted by molar-refractivity contribution is 5.57. The predicted octanol–water partition coefficient (Wildman–Crippen LogP) is 6.05. The van der Waals surface area contributed by atoms with Crippen LogP contribution in [0.3, 0.4) is 0 Å². The normalized spacial score (nSPS) is 16.8. The number of hydrogen-bond acceptors (Lipinski definition) is 7. The summed E-state index contributed by atoms with van der Waals surface area (Å²) in [4.78, 5) is 0. The van der Waals surface area contributed by atoms with E-state index in [0.29, 0.717) is 16.7 Å². The summed E-state index contributed by atoms with van der Waals surface area (Å²) in [5.74, 6) is -0.0876. The minimum atomic E-state index is -0.498. The third kappa shape index (κ3) is 6.02. The third-order valence-corrected chi connectivity index (χ3v) is 9.54. The molecule has 0 aromatic heterocycles. The molecule has 2 fully saturated rings. The van der Waals surface area contributed by atoms with Crippen molar-refractivity contribution in [3.05, 3.63) is 86.5 Å². The van der Waals surface area contributed by atoms with Crippen LogP contribution < -0.4 is 0 Å². The summed E-state index contributed by atoms with van der Waals surface area (Å²) < 4.78 is 0. The minimum absolute atomic E-state index is 0.120. The third-order valence-electron chi connectivity index (χ3n) is 9.54. The van der Waals surface area contributed by atoms with Crippen LogP contribution in [0.2, 0.25) is 0 Å². The molecule has 3 aromatic carbocycles. The zero-order valence-electron chi connectivity index (χ0n) is 24.2. The van der Waals surface area contributed by atoms with Crippen molar-refractivity contribution in [2.45, 2.75) is 108 Å². The lowest BCUT2D eigenvalue weighted by atomic mass is 9.76. The average Bonchev–Trinajstić information content (AvgIpc) is 3.03. The van der Waals surface area contributed by atoms with Gasteiger partial charge in [0.25, 0.3) is 0 Å². The van der Waals surface area contributed by atoms with Gasteiger partial charge in [-0.2, -0.15) is 0 Å². The van der Waals surface area contributed by atoms with Crippen molar-refractivity contribution in [3.8, 4) is 17.2 Å². The average molecular weight is 577 g/mol. The monoisotopic (exact) mass is 576 g/mol. The molecule has 2 aliphatic carbocycles. The molecule has 5 rings (SSSR count). The fraction of sp³-hybridized carbons (Fsp3) is 0.486. The van der Waals surface area contributed by atoms with Crippen LogP contribution in [0.25, 0.3) is 0 Å². The fourth-order valence-corrected chi connectivity index (χ4v) is 7.29. The molecule has 7 heteroatoms. The highest BCUT2D eigenvalue weighted by Crippen LogP contribution is 2.46. The molecule has 0 saturated heterocycles. The minimum Gasteiger partial charge on any atom is -0.507 e. The lowest BCUT2D eigenvalue weighted by molar-refractivity contribution is 0.263. The molecule has 7 N–H and O–H groups in total. The van der Waals surface area contributed by atoms with E-state index in [4.69, 9.17) is 0 Å². The Morgan fingerprint density at radius 2 is 0.762 bits per heavy atom. The molecule has 0 bridgehead atoms. The van der Waals surface area contributed by atoms with E-state index in [1.807, 2.05) is 12.1 Å². The van der Waals surface area contributed by atoms with Crippen LogP contribution >= 0.6 is 0 Å². The quantitative estimate of drug-likeness (QED) is 0.154. The maximum absolute atomic E-state index is 11.2. The van der Waals surface area contributed by atoms with E-state index in [-0.39, 0.29) is 53.4 Å². The first-order valence-electron chi connectivity index (χ1n) is 15.4. The Hall–Kier alpha value is -3.10. The van der Waals surface area contributed by atoms with Crippen molar-refractivity contribution in [2.75, 3.05) is 0 Å². The van der Waals surface area contributed by atoms with Gasteiger partial charge in [0.05, 0.1) is 26.4 Å². The molecule has 0 spiro atoms. The number of rotatable bonds is 9. The summed E-state index contributed by atoms with van der Waals surface area (Å²) in [6, 6.07) is 11.0. The Morgan fingerprint density at radius 3 is 1.10 bits per heavy atom. The first-order chi connectivity index (χ1) is 20.4. The Bertz CT molecular complexity index is 1290. The van der Waals surface area contributed by atoms with Gasteiger partial charge < -0.3 is 35.7 Å². The van der Waals surface area contributed by atoms with Gasteiger partial charge in [-0.1, -0.05) is 50.7 Å². The first kappa shape index (κ1) is 30.4. The van der Waals surface area contributed by atoms with Gasteiger partial charge in [0.15, 0.2) is 0 Å². The summed E-state index contributed by atoms with van der Waals surface area (Å²) in [7, 11) is 0. The van der Waals surface area contributed by atoms with Gasteiger partial charge in [-0.15, -0.1) is 0 Å². The summed E-state index contributed by atoms with van der Waals surface area (Å²) in [6.45, 7) is -1.52. The first-order valence-corrected chi connectivity index (χ1v) is 15.4. The molecule has 0 atom stereocenters. The van der Waals surface area contributed by atoms with Crippen LogP contribution in [0.1, 0.15) is 132 Å². The summed E-state index contributed by atoms with van der Waals surface area (Å²) in [6.07, 6.45) is 10.4. The zero-order chi connectivity index (χ0) is 29.8. The Labute approximate surface area is 247 Å². The van der Waals surface area contributed by atoms with Gasteiger partial charge >= 0.3 is 0 Å². The molecule has 0 radical (unpaired) electrons. The second-order valence-corrected chi connectivity index (χ2v) is 12.2. The van der Waals surface area contributed by atoms with Crippen molar-refractivity contribution >= 4 is 0 Å². The van der Waals surface area contributed by atoms with Crippen LogP contribution in [0, 0.1) is 0 Å². The second kappa shape index (κ2) is 13.5. The highest BCUT2D eigenvalue weighted by atomic mass is 16.3. The molecular formula is C35H44O7. The van der Waals surface area contributed by atoms with Gasteiger partial charge in [-0.3, -0.25) is 0 Å². The summed E-state index contributed by atoms with van der Waals surface area (Å²) >= 11 is 0. The van der Waals surface area contributed by atoms with Crippen LogP contribution in [-0.4, -0.2) is 35.7 Å². The van der Waals surface area contributed by atoms with Gasteiger partial charge in [-0.25, -0.2) is 0 Å². The van der Waals surface area contributed by atoms with Crippen LogP contribution in [0.4, 0.5) is 0 Å².